The molecule has 0 aromatic heterocycles. The van der Waals surface area contributed by atoms with E-state index in [0.717, 1.165) is 37.0 Å². The van der Waals surface area contributed by atoms with E-state index in [2.05, 4.69) is 10.2 Å². The van der Waals surface area contributed by atoms with Crippen molar-refractivity contribution in [2.75, 3.05) is 13.1 Å². The lowest BCUT2D eigenvalue weighted by molar-refractivity contribution is 0.100. The Labute approximate surface area is 130 Å². The van der Waals surface area contributed by atoms with Crippen LogP contribution >= 0.6 is 11.6 Å². The second kappa shape index (κ2) is 5.53. The molecule has 0 bridgehead atoms. The van der Waals surface area contributed by atoms with Crippen LogP contribution in [0.25, 0.3) is 0 Å². The van der Waals surface area contributed by atoms with Crippen molar-refractivity contribution in [1.82, 2.24) is 10.2 Å². The second-order valence-electron chi connectivity index (χ2n) is 6.93. The molecule has 2 nitrogen and oxygen atoms in total. The first-order valence-electron chi connectivity index (χ1n) is 8.12. The van der Waals surface area contributed by atoms with Gasteiger partial charge < -0.3 is 5.32 Å². The van der Waals surface area contributed by atoms with Gasteiger partial charge in [-0.3, -0.25) is 4.90 Å². The van der Waals surface area contributed by atoms with Crippen LogP contribution in [0, 0.1) is 17.7 Å². The van der Waals surface area contributed by atoms with Crippen molar-refractivity contribution in [2.24, 2.45) is 11.8 Å². The second-order valence-corrected chi connectivity index (χ2v) is 7.34. The summed E-state index contributed by atoms with van der Waals surface area (Å²) in [4.78, 5) is 2.58. The molecule has 1 aromatic rings. The van der Waals surface area contributed by atoms with Crippen LogP contribution in [0.5, 0.6) is 0 Å². The molecule has 1 aromatic carbocycles. The molecule has 114 valence electrons. The van der Waals surface area contributed by atoms with Crippen molar-refractivity contribution < 1.29 is 4.39 Å². The standard InChI is InChI=1S/C17H22ClFN2/c18-14-6-1-11(7-15(14)19)9-21-10-16(12-2-3-12)20-8-17(21)13-4-5-13/h1,6-7,12-13,16-17,20H,2-5,8-10H2. The molecule has 0 spiro atoms. The first kappa shape index (κ1) is 14.0. The highest BCUT2D eigenvalue weighted by atomic mass is 35.5. The van der Waals surface area contributed by atoms with Gasteiger partial charge in [-0.05, 0) is 55.2 Å². The average molecular weight is 309 g/mol. The highest BCUT2D eigenvalue weighted by molar-refractivity contribution is 6.30. The topological polar surface area (TPSA) is 15.3 Å². The van der Waals surface area contributed by atoms with Crippen LogP contribution in [-0.4, -0.2) is 30.1 Å². The Bertz CT molecular complexity index is 528. The highest BCUT2D eigenvalue weighted by Gasteiger charge is 2.42. The van der Waals surface area contributed by atoms with Gasteiger partial charge in [0.05, 0.1) is 5.02 Å². The average Bonchev–Trinajstić information content (AvgIpc) is 3.36. The summed E-state index contributed by atoms with van der Waals surface area (Å²) in [6.07, 6.45) is 5.45. The monoisotopic (exact) mass is 308 g/mol. The van der Waals surface area contributed by atoms with Gasteiger partial charge in [-0.1, -0.05) is 17.7 Å². The van der Waals surface area contributed by atoms with Crippen LogP contribution in [0.4, 0.5) is 4.39 Å². The fraction of sp³-hybridized carbons (Fsp3) is 0.647. The molecule has 1 heterocycles. The lowest BCUT2D eigenvalue weighted by Gasteiger charge is -2.41. The minimum absolute atomic E-state index is 0.216. The zero-order chi connectivity index (χ0) is 14.4. The number of hydrogen-bond acceptors (Lipinski definition) is 2. The number of piperazine rings is 1. The van der Waals surface area contributed by atoms with Crippen molar-refractivity contribution in [3.05, 3.63) is 34.6 Å². The predicted molar refractivity (Wildman–Crippen MR) is 82.8 cm³/mol. The minimum atomic E-state index is -0.300. The molecule has 1 N–H and O–H groups in total. The van der Waals surface area contributed by atoms with Crippen LogP contribution in [-0.2, 0) is 6.54 Å². The van der Waals surface area contributed by atoms with E-state index in [1.807, 2.05) is 6.07 Å². The third-order valence-electron chi connectivity index (χ3n) is 5.22. The van der Waals surface area contributed by atoms with Crippen LogP contribution in [0.15, 0.2) is 18.2 Å². The third-order valence-corrected chi connectivity index (χ3v) is 5.52. The van der Waals surface area contributed by atoms with Gasteiger partial charge in [0.1, 0.15) is 5.82 Å². The van der Waals surface area contributed by atoms with Gasteiger partial charge in [0.2, 0.25) is 0 Å². The van der Waals surface area contributed by atoms with Crippen molar-refractivity contribution in [3.8, 4) is 0 Å². The summed E-state index contributed by atoms with van der Waals surface area (Å²) in [6, 6.07) is 6.50. The normalized spacial score (nSPS) is 30.6. The van der Waals surface area contributed by atoms with Crippen molar-refractivity contribution in [3.63, 3.8) is 0 Å². The lowest BCUT2D eigenvalue weighted by Crippen LogP contribution is -2.57. The van der Waals surface area contributed by atoms with Gasteiger partial charge in [-0.2, -0.15) is 0 Å². The Hall–Kier alpha value is -0.640. The SMILES string of the molecule is Fc1cc(CN2CC(C3CC3)NCC2C2CC2)ccc1Cl. The summed E-state index contributed by atoms with van der Waals surface area (Å²) in [6.45, 7) is 3.05. The van der Waals surface area contributed by atoms with E-state index in [1.165, 1.54) is 25.7 Å². The molecule has 2 unspecified atom stereocenters. The summed E-state index contributed by atoms with van der Waals surface area (Å²) in [5, 5.41) is 3.97. The van der Waals surface area contributed by atoms with Crippen LogP contribution in [0.2, 0.25) is 5.02 Å². The Morgan fingerprint density at radius 3 is 2.62 bits per heavy atom. The fourth-order valence-corrected chi connectivity index (χ4v) is 3.79. The van der Waals surface area contributed by atoms with Crippen molar-refractivity contribution in [2.45, 2.75) is 44.3 Å². The van der Waals surface area contributed by atoms with Crippen LogP contribution < -0.4 is 5.32 Å². The largest absolute Gasteiger partial charge is 0.311 e. The van der Waals surface area contributed by atoms with Crippen LogP contribution in [0.1, 0.15) is 31.2 Å². The van der Waals surface area contributed by atoms with Crippen molar-refractivity contribution >= 4 is 11.6 Å². The number of hydrogen-bond donors (Lipinski definition) is 1. The Morgan fingerprint density at radius 1 is 1.19 bits per heavy atom. The van der Waals surface area contributed by atoms with E-state index in [1.54, 1.807) is 12.1 Å². The first-order valence-corrected chi connectivity index (χ1v) is 8.50. The van der Waals surface area contributed by atoms with Gasteiger partial charge in [0.25, 0.3) is 0 Å². The molecule has 2 atom stereocenters. The van der Waals surface area contributed by atoms with E-state index in [9.17, 15) is 4.39 Å². The molecule has 1 aliphatic heterocycles. The maximum atomic E-state index is 13.7. The molecule has 0 radical (unpaired) electrons. The van der Waals surface area contributed by atoms with E-state index in [-0.39, 0.29) is 10.8 Å². The van der Waals surface area contributed by atoms with E-state index >= 15 is 0 Å². The first-order chi connectivity index (χ1) is 10.2. The molecule has 3 fully saturated rings. The van der Waals surface area contributed by atoms with Gasteiger partial charge in [-0.25, -0.2) is 4.39 Å². The van der Waals surface area contributed by atoms with E-state index in [0.29, 0.717) is 12.1 Å². The van der Waals surface area contributed by atoms with Gasteiger partial charge in [-0.15, -0.1) is 0 Å². The number of halogens is 2. The smallest absolute Gasteiger partial charge is 0.142 e. The molecule has 3 aliphatic rings. The Balaban J connectivity index is 1.49. The molecule has 4 rings (SSSR count). The van der Waals surface area contributed by atoms with E-state index < -0.39 is 0 Å². The van der Waals surface area contributed by atoms with Gasteiger partial charge >= 0.3 is 0 Å². The molecular formula is C17H22ClFN2. The fourth-order valence-electron chi connectivity index (χ4n) is 3.67. The number of nitrogens with zero attached hydrogens (tertiary/aromatic N) is 1. The summed E-state index contributed by atoms with van der Waals surface area (Å²) in [7, 11) is 0. The van der Waals surface area contributed by atoms with Gasteiger partial charge in [0.15, 0.2) is 0 Å². The summed E-state index contributed by atoms with van der Waals surface area (Å²) in [5.41, 5.74) is 1.04. The Kier molecular flexibility index (Phi) is 3.68. The zero-order valence-corrected chi connectivity index (χ0v) is 13.0. The Morgan fingerprint density at radius 2 is 1.95 bits per heavy atom. The number of rotatable bonds is 4. The summed E-state index contributed by atoms with van der Waals surface area (Å²) >= 11 is 5.79. The zero-order valence-electron chi connectivity index (χ0n) is 12.2. The summed E-state index contributed by atoms with van der Waals surface area (Å²) in [5.74, 6) is 1.41. The molecule has 4 heteroatoms. The van der Waals surface area contributed by atoms with E-state index in [4.69, 9.17) is 11.6 Å². The predicted octanol–water partition coefficient (Wildman–Crippen LogP) is 3.44. The van der Waals surface area contributed by atoms with Crippen molar-refractivity contribution in [1.29, 1.82) is 0 Å². The maximum absolute atomic E-state index is 13.7. The molecule has 0 amide bonds. The lowest BCUT2D eigenvalue weighted by atomic mass is 10.0. The van der Waals surface area contributed by atoms with Crippen LogP contribution in [0.3, 0.4) is 0 Å². The summed E-state index contributed by atoms with van der Waals surface area (Å²) < 4.78 is 13.7. The molecular weight excluding hydrogens is 287 g/mol. The highest BCUT2D eigenvalue weighted by Crippen LogP contribution is 2.40. The quantitative estimate of drug-likeness (QED) is 0.916. The maximum Gasteiger partial charge on any atom is 0.142 e. The molecule has 1 saturated heterocycles. The molecule has 21 heavy (non-hydrogen) atoms. The number of benzene rings is 1. The number of nitrogens with one attached hydrogen (secondary N) is 1. The molecule has 2 saturated carbocycles. The molecule has 2 aliphatic carbocycles. The minimum Gasteiger partial charge on any atom is -0.311 e. The van der Waals surface area contributed by atoms with Gasteiger partial charge in [0, 0.05) is 31.7 Å². The third kappa shape index (κ3) is 3.10.